The lowest BCUT2D eigenvalue weighted by molar-refractivity contribution is 0.171. The first kappa shape index (κ1) is 15.1. The van der Waals surface area contributed by atoms with E-state index in [2.05, 4.69) is 5.32 Å². The quantitative estimate of drug-likeness (QED) is 0.779. The first-order valence-electron chi connectivity index (χ1n) is 5.88. The van der Waals surface area contributed by atoms with Gasteiger partial charge in [0.05, 0.1) is 13.2 Å². The topological polar surface area (TPSA) is 58.6 Å². The van der Waals surface area contributed by atoms with E-state index in [4.69, 9.17) is 4.74 Å². The third kappa shape index (κ3) is 5.16. The summed E-state index contributed by atoms with van der Waals surface area (Å²) in [5, 5.41) is 13.2. The van der Waals surface area contributed by atoms with Crippen LogP contribution < -0.4 is 10.1 Å². The molecule has 1 aromatic carbocycles. The lowest BCUT2D eigenvalue weighted by Crippen LogP contribution is -2.34. The van der Waals surface area contributed by atoms with Gasteiger partial charge in [-0.2, -0.15) is 0 Å². The van der Waals surface area contributed by atoms with Gasteiger partial charge in [0.15, 0.2) is 0 Å². The molecule has 0 saturated heterocycles. The zero-order valence-electron chi connectivity index (χ0n) is 11.1. The summed E-state index contributed by atoms with van der Waals surface area (Å²) in [6.45, 7) is 2.41. The molecule has 0 aliphatic carbocycles. The highest BCUT2D eigenvalue weighted by Crippen LogP contribution is 2.17. The predicted octanol–water partition coefficient (Wildman–Crippen LogP) is 1.09. The maximum absolute atomic E-state index is 11.0. The summed E-state index contributed by atoms with van der Waals surface area (Å²) < 4.78 is 16.1. The van der Waals surface area contributed by atoms with Crippen LogP contribution in [-0.4, -0.2) is 41.0 Å². The van der Waals surface area contributed by atoms with Crippen LogP contribution in [-0.2, 0) is 10.8 Å². The van der Waals surface area contributed by atoms with Crippen molar-refractivity contribution >= 4 is 10.8 Å². The molecule has 0 aromatic heterocycles. The molecule has 102 valence electrons. The van der Waals surface area contributed by atoms with E-state index < -0.39 is 16.9 Å². The number of hydrogen-bond donors (Lipinski definition) is 2. The highest BCUT2D eigenvalue weighted by molar-refractivity contribution is 7.84. The Bertz CT molecular complexity index is 380. The molecule has 2 N–H and O–H groups in total. The normalized spacial score (nSPS) is 16.0. The number of methoxy groups -OCH3 is 1. The van der Waals surface area contributed by atoms with Crippen LogP contribution in [0.15, 0.2) is 24.3 Å². The molecule has 1 rings (SSSR count). The van der Waals surface area contributed by atoms with E-state index in [1.54, 1.807) is 13.4 Å². The van der Waals surface area contributed by atoms with Crippen molar-refractivity contribution < 1.29 is 14.1 Å². The summed E-state index contributed by atoms with van der Waals surface area (Å²) in [5.41, 5.74) is 0.841. The average Bonchev–Trinajstić information content (AvgIpc) is 2.35. The van der Waals surface area contributed by atoms with Crippen molar-refractivity contribution in [2.45, 2.75) is 19.1 Å². The van der Waals surface area contributed by atoms with Gasteiger partial charge < -0.3 is 15.2 Å². The summed E-state index contributed by atoms with van der Waals surface area (Å²) in [4.78, 5) is 0. The van der Waals surface area contributed by atoms with E-state index in [-0.39, 0.29) is 6.04 Å². The molecule has 5 heteroatoms. The van der Waals surface area contributed by atoms with Crippen LogP contribution >= 0.6 is 0 Å². The zero-order valence-corrected chi connectivity index (χ0v) is 11.9. The number of benzene rings is 1. The third-order valence-corrected chi connectivity index (χ3v) is 3.61. The molecular weight excluding hydrogens is 250 g/mol. The lowest BCUT2D eigenvalue weighted by atomic mass is 10.1. The smallest absolute Gasteiger partial charge is 0.118 e. The van der Waals surface area contributed by atoms with Gasteiger partial charge in [-0.05, 0) is 24.6 Å². The molecule has 0 aliphatic rings. The number of aliphatic hydroxyl groups is 1. The molecule has 0 bridgehead atoms. The summed E-state index contributed by atoms with van der Waals surface area (Å²) in [5.74, 6) is 1.36. The molecule has 4 nitrogen and oxygen atoms in total. The first-order chi connectivity index (χ1) is 8.52. The summed E-state index contributed by atoms with van der Waals surface area (Å²) >= 11 is 0. The number of aliphatic hydroxyl groups excluding tert-OH is 1. The minimum atomic E-state index is -0.820. The van der Waals surface area contributed by atoms with Crippen molar-refractivity contribution in [2.75, 3.05) is 25.7 Å². The standard InChI is InChI=1S/C13H21NO3S/c1-10(9-18(3)16)14-8-13(15)11-4-6-12(17-2)7-5-11/h4-7,10,13-15H,8-9H2,1-3H3. The molecule has 0 saturated carbocycles. The second kappa shape index (κ2) is 7.51. The Morgan fingerprint density at radius 2 is 2.00 bits per heavy atom. The third-order valence-electron chi connectivity index (χ3n) is 2.64. The molecule has 0 fully saturated rings. The van der Waals surface area contributed by atoms with E-state index in [1.807, 2.05) is 31.2 Å². The molecule has 3 atom stereocenters. The van der Waals surface area contributed by atoms with Crippen LogP contribution in [0.1, 0.15) is 18.6 Å². The molecular formula is C13H21NO3S. The van der Waals surface area contributed by atoms with E-state index >= 15 is 0 Å². The molecule has 0 spiro atoms. The maximum Gasteiger partial charge on any atom is 0.118 e. The van der Waals surface area contributed by atoms with Crippen LogP contribution in [0.25, 0.3) is 0 Å². The average molecular weight is 271 g/mol. The van der Waals surface area contributed by atoms with Gasteiger partial charge >= 0.3 is 0 Å². The first-order valence-corrected chi connectivity index (χ1v) is 7.61. The van der Waals surface area contributed by atoms with E-state index in [1.165, 1.54) is 0 Å². The largest absolute Gasteiger partial charge is 0.497 e. The Labute approximate surface area is 111 Å². The second-order valence-corrected chi connectivity index (χ2v) is 5.82. The Balaban J connectivity index is 2.44. The minimum Gasteiger partial charge on any atom is -0.497 e. The summed E-state index contributed by atoms with van der Waals surface area (Å²) in [6, 6.07) is 7.46. The van der Waals surface area contributed by atoms with E-state index in [0.29, 0.717) is 12.3 Å². The highest BCUT2D eigenvalue weighted by Gasteiger charge is 2.10. The van der Waals surface area contributed by atoms with Gasteiger partial charge in [-0.1, -0.05) is 12.1 Å². The monoisotopic (exact) mass is 271 g/mol. The Morgan fingerprint density at radius 1 is 1.39 bits per heavy atom. The molecule has 0 heterocycles. The van der Waals surface area contributed by atoms with Gasteiger partial charge in [0.2, 0.25) is 0 Å². The van der Waals surface area contributed by atoms with Crippen molar-refractivity contribution in [3.63, 3.8) is 0 Å². The number of ether oxygens (including phenoxy) is 1. The van der Waals surface area contributed by atoms with Crippen molar-refractivity contribution in [1.29, 1.82) is 0 Å². The van der Waals surface area contributed by atoms with Gasteiger partial charge in [0.25, 0.3) is 0 Å². The number of nitrogens with one attached hydrogen (secondary N) is 1. The van der Waals surface area contributed by atoms with Gasteiger partial charge in [0.1, 0.15) is 5.75 Å². The van der Waals surface area contributed by atoms with Crippen LogP contribution in [0.3, 0.4) is 0 Å². The zero-order chi connectivity index (χ0) is 13.5. The fraction of sp³-hybridized carbons (Fsp3) is 0.538. The summed E-state index contributed by atoms with van der Waals surface area (Å²) in [7, 11) is 0.791. The predicted molar refractivity (Wildman–Crippen MR) is 74.4 cm³/mol. The Hall–Kier alpha value is -0.910. The molecule has 0 aliphatic heterocycles. The SMILES string of the molecule is COc1ccc(C(O)CNC(C)CS(C)=O)cc1. The van der Waals surface area contributed by atoms with Crippen LogP contribution in [0, 0.1) is 0 Å². The summed E-state index contributed by atoms with van der Waals surface area (Å²) in [6.07, 6.45) is 1.11. The molecule has 0 radical (unpaired) electrons. The van der Waals surface area contributed by atoms with Crippen LogP contribution in [0.2, 0.25) is 0 Å². The van der Waals surface area contributed by atoms with Crippen LogP contribution in [0.5, 0.6) is 5.75 Å². The van der Waals surface area contributed by atoms with E-state index in [0.717, 1.165) is 11.3 Å². The maximum atomic E-state index is 11.0. The molecule has 3 unspecified atom stereocenters. The molecule has 18 heavy (non-hydrogen) atoms. The van der Waals surface area contributed by atoms with Gasteiger partial charge in [-0.15, -0.1) is 0 Å². The van der Waals surface area contributed by atoms with Crippen LogP contribution in [0.4, 0.5) is 0 Å². The molecule has 0 amide bonds. The van der Waals surface area contributed by atoms with Crippen molar-refractivity contribution in [3.05, 3.63) is 29.8 Å². The fourth-order valence-electron chi connectivity index (χ4n) is 1.67. The molecule has 1 aromatic rings. The van der Waals surface area contributed by atoms with Gasteiger partial charge in [-0.3, -0.25) is 4.21 Å². The van der Waals surface area contributed by atoms with Crippen molar-refractivity contribution in [2.24, 2.45) is 0 Å². The number of hydrogen-bond acceptors (Lipinski definition) is 4. The van der Waals surface area contributed by atoms with Gasteiger partial charge in [-0.25, -0.2) is 0 Å². The fourth-order valence-corrected chi connectivity index (χ4v) is 2.49. The second-order valence-electron chi connectivity index (χ2n) is 4.34. The van der Waals surface area contributed by atoms with Gasteiger partial charge in [0, 0.05) is 35.4 Å². The Kier molecular flexibility index (Phi) is 6.32. The van der Waals surface area contributed by atoms with Crippen molar-refractivity contribution in [1.82, 2.24) is 5.32 Å². The Morgan fingerprint density at radius 3 is 2.50 bits per heavy atom. The highest BCUT2D eigenvalue weighted by atomic mass is 32.2. The van der Waals surface area contributed by atoms with Crippen molar-refractivity contribution in [3.8, 4) is 5.75 Å². The van der Waals surface area contributed by atoms with E-state index in [9.17, 15) is 9.32 Å². The number of rotatable bonds is 7. The lowest BCUT2D eigenvalue weighted by Gasteiger charge is -2.16. The minimum absolute atomic E-state index is 0.128.